The Bertz CT molecular complexity index is 539. The third kappa shape index (κ3) is 2.33. The zero-order valence-electron chi connectivity index (χ0n) is 11.3. The second-order valence-electron chi connectivity index (χ2n) is 4.95. The van der Waals surface area contributed by atoms with Crippen molar-refractivity contribution < 1.29 is 0 Å². The number of rotatable bonds is 3. The van der Waals surface area contributed by atoms with E-state index in [-0.39, 0.29) is 0 Å². The van der Waals surface area contributed by atoms with E-state index in [0.717, 1.165) is 30.9 Å². The maximum Gasteiger partial charge on any atom is 0.132 e. The minimum atomic E-state index is 0.376. The maximum atomic E-state index is 4.61. The number of aryl methyl sites for hydroxylation is 1. The van der Waals surface area contributed by atoms with Crippen LogP contribution in [0.15, 0.2) is 42.7 Å². The first-order valence-corrected chi connectivity index (χ1v) is 7.01. The van der Waals surface area contributed by atoms with E-state index in [0.29, 0.717) is 6.04 Å². The third-order valence-electron chi connectivity index (χ3n) is 3.80. The monoisotopic (exact) mass is 253 g/mol. The molecule has 0 bridgehead atoms. The number of hydrogen-bond acceptors (Lipinski definition) is 3. The van der Waals surface area contributed by atoms with Gasteiger partial charge in [0.2, 0.25) is 0 Å². The summed E-state index contributed by atoms with van der Waals surface area (Å²) in [4.78, 5) is 11.5. The Morgan fingerprint density at radius 1 is 1.16 bits per heavy atom. The quantitative estimate of drug-likeness (QED) is 0.839. The first-order valence-electron chi connectivity index (χ1n) is 7.01. The summed E-state index contributed by atoms with van der Waals surface area (Å²) < 4.78 is 0. The minimum absolute atomic E-state index is 0.376. The van der Waals surface area contributed by atoms with Crippen LogP contribution in [0.5, 0.6) is 0 Å². The van der Waals surface area contributed by atoms with E-state index < -0.39 is 0 Å². The van der Waals surface area contributed by atoms with Gasteiger partial charge in [0.15, 0.2) is 0 Å². The summed E-state index contributed by atoms with van der Waals surface area (Å²) in [5, 5.41) is 0. The zero-order chi connectivity index (χ0) is 13.1. The lowest BCUT2D eigenvalue weighted by atomic mass is 10.1. The molecule has 1 atom stereocenters. The summed E-state index contributed by atoms with van der Waals surface area (Å²) in [6.07, 6.45) is 7.17. The fourth-order valence-corrected chi connectivity index (χ4v) is 2.87. The number of aromatic nitrogens is 2. The largest absolute Gasteiger partial charge is 0.348 e. The van der Waals surface area contributed by atoms with Crippen LogP contribution in [-0.4, -0.2) is 16.5 Å². The topological polar surface area (TPSA) is 29.0 Å². The number of pyridine rings is 2. The molecule has 1 unspecified atom stereocenters. The van der Waals surface area contributed by atoms with Crippen LogP contribution >= 0.6 is 0 Å². The second kappa shape index (κ2) is 5.39. The molecule has 19 heavy (non-hydrogen) atoms. The lowest BCUT2D eigenvalue weighted by Crippen LogP contribution is -2.25. The maximum absolute atomic E-state index is 4.61. The van der Waals surface area contributed by atoms with Crippen molar-refractivity contribution in [2.75, 3.05) is 11.4 Å². The van der Waals surface area contributed by atoms with Crippen molar-refractivity contribution in [1.29, 1.82) is 0 Å². The highest BCUT2D eigenvalue weighted by Gasteiger charge is 2.28. The summed E-state index contributed by atoms with van der Waals surface area (Å²) in [5.74, 6) is 1.14. The summed E-state index contributed by atoms with van der Waals surface area (Å²) in [6.45, 7) is 3.26. The van der Waals surface area contributed by atoms with Gasteiger partial charge in [-0.25, -0.2) is 4.98 Å². The predicted molar refractivity (Wildman–Crippen MR) is 77.2 cm³/mol. The molecule has 98 valence electrons. The Kier molecular flexibility index (Phi) is 3.45. The van der Waals surface area contributed by atoms with E-state index in [2.05, 4.69) is 40.0 Å². The highest BCUT2D eigenvalue weighted by atomic mass is 15.2. The molecule has 1 aliphatic rings. The number of anilines is 1. The van der Waals surface area contributed by atoms with Gasteiger partial charge in [0.05, 0.1) is 11.7 Å². The van der Waals surface area contributed by atoms with Gasteiger partial charge in [-0.2, -0.15) is 0 Å². The Morgan fingerprint density at radius 2 is 2.05 bits per heavy atom. The Hall–Kier alpha value is -1.90. The minimum Gasteiger partial charge on any atom is -0.348 e. The summed E-state index contributed by atoms with van der Waals surface area (Å²) in [7, 11) is 0. The van der Waals surface area contributed by atoms with Gasteiger partial charge >= 0.3 is 0 Å². The van der Waals surface area contributed by atoms with Crippen LogP contribution in [0.2, 0.25) is 0 Å². The van der Waals surface area contributed by atoms with Crippen molar-refractivity contribution in [3.05, 3.63) is 54.0 Å². The van der Waals surface area contributed by atoms with Crippen LogP contribution < -0.4 is 4.90 Å². The fraction of sp³-hybridized carbons (Fsp3) is 0.375. The van der Waals surface area contributed by atoms with Crippen molar-refractivity contribution >= 4 is 5.82 Å². The molecule has 2 aromatic heterocycles. The zero-order valence-corrected chi connectivity index (χ0v) is 11.3. The van der Waals surface area contributed by atoms with E-state index >= 15 is 0 Å². The summed E-state index contributed by atoms with van der Waals surface area (Å²) in [5.41, 5.74) is 2.48. The molecule has 0 amide bonds. The average molecular weight is 253 g/mol. The van der Waals surface area contributed by atoms with Gasteiger partial charge in [0, 0.05) is 18.9 Å². The van der Waals surface area contributed by atoms with Crippen molar-refractivity contribution in [3.8, 4) is 0 Å². The smallest absolute Gasteiger partial charge is 0.132 e. The van der Waals surface area contributed by atoms with Crippen LogP contribution in [-0.2, 0) is 6.42 Å². The molecule has 3 rings (SSSR count). The second-order valence-corrected chi connectivity index (χ2v) is 4.95. The molecule has 3 heterocycles. The molecule has 3 heteroatoms. The van der Waals surface area contributed by atoms with E-state index in [1.54, 1.807) is 0 Å². The lowest BCUT2D eigenvalue weighted by Gasteiger charge is -2.27. The molecule has 0 N–H and O–H groups in total. The van der Waals surface area contributed by atoms with Crippen LogP contribution in [0.25, 0.3) is 0 Å². The number of hydrogen-bond donors (Lipinski definition) is 0. The molecule has 3 nitrogen and oxygen atoms in total. The normalized spacial score (nSPS) is 18.8. The van der Waals surface area contributed by atoms with Gasteiger partial charge in [0.25, 0.3) is 0 Å². The molecule has 0 spiro atoms. The molecule has 0 aliphatic carbocycles. The van der Waals surface area contributed by atoms with Crippen molar-refractivity contribution in [2.24, 2.45) is 0 Å². The Balaban J connectivity index is 1.95. The molecule has 1 saturated heterocycles. The highest BCUT2D eigenvalue weighted by molar-refractivity contribution is 5.49. The predicted octanol–water partition coefficient (Wildman–Crippen LogP) is 3.38. The van der Waals surface area contributed by atoms with Crippen LogP contribution in [0.1, 0.15) is 37.1 Å². The van der Waals surface area contributed by atoms with Gasteiger partial charge in [-0.1, -0.05) is 19.1 Å². The molecule has 1 fully saturated rings. The van der Waals surface area contributed by atoms with E-state index in [1.807, 2.05) is 24.5 Å². The first-order chi connectivity index (χ1) is 9.40. The Morgan fingerprint density at radius 3 is 2.84 bits per heavy atom. The van der Waals surface area contributed by atoms with Crippen molar-refractivity contribution in [2.45, 2.75) is 32.2 Å². The number of nitrogens with zero attached hydrogens (tertiary/aromatic N) is 3. The lowest BCUT2D eigenvalue weighted by molar-refractivity contribution is 0.685. The van der Waals surface area contributed by atoms with E-state index in [4.69, 9.17) is 0 Å². The molecule has 0 radical (unpaired) electrons. The summed E-state index contributed by atoms with van der Waals surface area (Å²) in [6, 6.07) is 10.7. The van der Waals surface area contributed by atoms with Crippen LogP contribution in [0.4, 0.5) is 5.82 Å². The standard InChI is InChI=1S/C16H19N3/c1-2-13-7-5-11-18-16(13)19-12-6-9-15(19)14-8-3-4-10-17-14/h3-5,7-8,10-11,15H,2,6,9,12H2,1H3. The SMILES string of the molecule is CCc1cccnc1N1CCCC1c1ccccn1. The van der Waals surface area contributed by atoms with E-state index in [9.17, 15) is 0 Å². The molecular weight excluding hydrogens is 234 g/mol. The molecule has 0 saturated carbocycles. The summed E-state index contributed by atoms with van der Waals surface area (Å²) >= 11 is 0. The molecule has 1 aliphatic heterocycles. The third-order valence-corrected chi connectivity index (χ3v) is 3.80. The van der Waals surface area contributed by atoms with Crippen LogP contribution in [0, 0.1) is 0 Å². The fourth-order valence-electron chi connectivity index (χ4n) is 2.87. The Labute approximate surface area is 114 Å². The highest BCUT2D eigenvalue weighted by Crippen LogP contribution is 2.35. The van der Waals surface area contributed by atoms with Gasteiger partial charge in [-0.15, -0.1) is 0 Å². The molecular formula is C16H19N3. The van der Waals surface area contributed by atoms with Gasteiger partial charge in [0.1, 0.15) is 5.82 Å². The van der Waals surface area contributed by atoms with Gasteiger partial charge < -0.3 is 4.90 Å². The van der Waals surface area contributed by atoms with Crippen molar-refractivity contribution in [3.63, 3.8) is 0 Å². The van der Waals surface area contributed by atoms with Crippen LogP contribution in [0.3, 0.4) is 0 Å². The first kappa shape index (κ1) is 12.2. The van der Waals surface area contributed by atoms with Crippen molar-refractivity contribution in [1.82, 2.24) is 9.97 Å². The van der Waals surface area contributed by atoms with E-state index in [1.165, 1.54) is 12.0 Å². The molecule has 2 aromatic rings. The molecule has 0 aromatic carbocycles. The average Bonchev–Trinajstić information content (AvgIpc) is 2.97. The van der Waals surface area contributed by atoms with Gasteiger partial charge in [-0.05, 0) is 43.0 Å². The van der Waals surface area contributed by atoms with Gasteiger partial charge in [-0.3, -0.25) is 4.98 Å².